The second kappa shape index (κ2) is 5.98. The minimum Gasteiger partial charge on any atom is -0.298 e. The Labute approximate surface area is 118 Å². The summed E-state index contributed by atoms with van der Waals surface area (Å²) in [4.78, 5) is 25.6. The summed E-state index contributed by atoms with van der Waals surface area (Å²) in [6.07, 6.45) is 1.48. The first-order chi connectivity index (χ1) is 9.58. The molecule has 0 spiro atoms. The molecule has 0 unspecified atom stereocenters. The SMILES string of the molecule is O=C(NNc1ccc([N+](=O)[O-])cc1)c1cccnc1Cl. The monoisotopic (exact) mass is 292 g/mol. The van der Waals surface area contributed by atoms with Gasteiger partial charge in [0.2, 0.25) is 0 Å². The maximum absolute atomic E-state index is 11.8. The van der Waals surface area contributed by atoms with Crippen LogP contribution in [-0.2, 0) is 0 Å². The number of carbonyl (C=O) groups is 1. The van der Waals surface area contributed by atoms with Crippen molar-refractivity contribution in [2.75, 3.05) is 5.43 Å². The molecule has 1 heterocycles. The smallest absolute Gasteiger partial charge is 0.272 e. The number of hydrogen-bond acceptors (Lipinski definition) is 5. The van der Waals surface area contributed by atoms with Crippen LogP contribution in [0.15, 0.2) is 42.6 Å². The Morgan fingerprint density at radius 2 is 1.95 bits per heavy atom. The van der Waals surface area contributed by atoms with Crippen molar-refractivity contribution < 1.29 is 9.72 Å². The van der Waals surface area contributed by atoms with Crippen LogP contribution >= 0.6 is 11.6 Å². The Morgan fingerprint density at radius 1 is 1.25 bits per heavy atom. The summed E-state index contributed by atoms with van der Waals surface area (Å²) in [5.41, 5.74) is 5.75. The van der Waals surface area contributed by atoms with Gasteiger partial charge in [-0.05, 0) is 24.3 Å². The number of pyridine rings is 1. The van der Waals surface area contributed by atoms with Gasteiger partial charge in [0.1, 0.15) is 5.15 Å². The van der Waals surface area contributed by atoms with E-state index in [0.29, 0.717) is 5.69 Å². The molecule has 0 saturated carbocycles. The lowest BCUT2D eigenvalue weighted by molar-refractivity contribution is -0.384. The Bertz CT molecular complexity index is 645. The highest BCUT2D eigenvalue weighted by atomic mass is 35.5. The maximum atomic E-state index is 11.8. The standard InChI is InChI=1S/C12H9ClN4O3/c13-11-10(2-1-7-14-11)12(18)16-15-8-3-5-9(6-4-8)17(19)20/h1-7,15H,(H,16,18). The van der Waals surface area contributed by atoms with Gasteiger partial charge in [0, 0.05) is 18.3 Å². The van der Waals surface area contributed by atoms with E-state index < -0.39 is 10.8 Å². The van der Waals surface area contributed by atoms with Crippen molar-refractivity contribution in [1.29, 1.82) is 0 Å². The van der Waals surface area contributed by atoms with E-state index in [0.717, 1.165) is 0 Å². The van der Waals surface area contributed by atoms with E-state index in [-0.39, 0.29) is 16.4 Å². The van der Waals surface area contributed by atoms with E-state index in [1.165, 1.54) is 36.5 Å². The third-order valence-corrected chi connectivity index (χ3v) is 2.70. The molecule has 7 nitrogen and oxygen atoms in total. The molecule has 0 aliphatic heterocycles. The molecule has 1 aromatic heterocycles. The molecule has 1 amide bonds. The zero-order chi connectivity index (χ0) is 14.5. The predicted molar refractivity (Wildman–Crippen MR) is 73.4 cm³/mol. The summed E-state index contributed by atoms with van der Waals surface area (Å²) >= 11 is 5.78. The van der Waals surface area contributed by atoms with Crippen molar-refractivity contribution in [3.8, 4) is 0 Å². The number of benzene rings is 1. The van der Waals surface area contributed by atoms with Crippen LogP contribution in [0.3, 0.4) is 0 Å². The van der Waals surface area contributed by atoms with E-state index in [4.69, 9.17) is 11.6 Å². The summed E-state index contributed by atoms with van der Waals surface area (Å²) in [5.74, 6) is -0.457. The number of aromatic nitrogens is 1. The average Bonchev–Trinajstić information content (AvgIpc) is 2.45. The molecule has 8 heteroatoms. The van der Waals surface area contributed by atoms with Crippen molar-refractivity contribution in [3.05, 3.63) is 63.4 Å². The van der Waals surface area contributed by atoms with Gasteiger partial charge in [0.05, 0.1) is 16.2 Å². The van der Waals surface area contributed by atoms with Crippen LogP contribution in [0.1, 0.15) is 10.4 Å². The van der Waals surface area contributed by atoms with Crippen molar-refractivity contribution in [1.82, 2.24) is 10.4 Å². The average molecular weight is 293 g/mol. The first kappa shape index (κ1) is 13.8. The molecule has 102 valence electrons. The summed E-state index contributed by atoms with van der Waals surface area (Å²) in [6.45, 7) is 0. The number of non-ortho nitro benzene ring substituents is 1. The number of carbonyl (C=O) groups excluding carboxylic acids is 1. The third-order valence-electron chi connectivity index (χ3n) is 2.40. The van der Waals surface area contributed by atoms with Crippen molar-refractivity contribution in [2.24, 2.45) is 0 Å². The topological polar surface area (TPSA) is 97.2 Å². The Morgan fingerprint density at radius 3 is 2.55 bits per heavy atom. The van der Waals surface area contributed by atoms with Crippen LogP contribution in [0.4, 0.5) is 11.4 Å². The zero-order valence-electron chi connectivity index (χ0n) is 10.0. The maximum Gasteiger partial charge on any atom is 0.272 e. The number of rotatable bonds is 4. The number of nitro benzene ring substituents is 1. The summed E-state index contributed by atoms with van der Waals surface area (Å²) in [5, 5.41) is 10.6. The highest BCUT2D eigenvalue weighted by Crippen LogP contribution is 2.15. The zero-order valence-corrected chi connectivity index (χ0v) is 10.8. The molecule has 0 atom stereocenters. The quantitative estimate of drug-likeness (QED) is 0.512. The van der Waals surface area contributed by atoms with Crippen LogP contribution in [0.5, 0.6) is 0 Å². The van der Waals surface area contributed by atoms with E-state index >= 15 is 0 Å². The molecule has 0 aliphatic carbocycles. The van der Waals surface area contributed by atoms with Gasteiger partial charge in [-0.3, -0.25) is 25.8 Å². The van der Waals surface area contributed by atoms with Gasteiger partial charge in [0.15, 0.2) is 0 Å². The van der Waals surface area contributed by atoms with Gasteiger partial charge in [0.25, 0.3) is 11.6 Å². The summed E-state index contributed by atoms with van der Waals surface area (Å²) in [7, 11) is 0. The highest BCUT2D eigenvalue weighted by Gasteiger charge is 2.10. The predicted octanol–water partition coefficient (Wildman–Crippen LogP) is 2.40. The van der Waals surface area contributed by atoms with Gasteiger partial charge in [-0.15, -0.1) is 0 Å². The molecule has 0 bridgehead atoms. The number of nitrogens with zero attached hydrogens (tertiary/aromatic N) is 2. The normalized spacial score (nSPS) is 9.85. The largest absolute Gasteiger partial charge is 0.298 e. The molecule has 2 aromatic rings. The fourth-order valence-corrected chi connectivity index (χ4v) is 1.62. The Balaban J connectivity index is 2.00. The Hall–Kier alpha value is -2.67. The molecule has 2 rings (SSSR count). The van der Waals surface area contributed by atoms with E-state index in [1.54, 1.807) is 6.07 Å². The number of nitro groups is 1. The second-order valence-electron chi connectivity index (χ2n) is 3.72. The molecule has 0 aliphatic rings. The van der Waals surface area contributed by atoms with Crippen LogP contribution in [-0.4, -0.2) is 15.8 Å². The van der Waals surface area contributed by atoms with Crippen LogP contribution in [0.2, 0.25) is 5.15 Å². The number of nitrogens with one attached hydrogen (secondary N) is 2. The number of amides is 1. The molecular formula is C12H9ClN4O3. The molecule has 2 N–H and O–H groups in total. The lowest BCUT2D eigenvalue weighted by Gasteiger charge is -2.08. The third kappa shape index (κ3) is 3.21. The van der Waals surface area contributed by atoms with Gasteiger partial charge < -0.3 is 0 Å². The van der Waals surface area contributed by atoms with Crippen molar-refractivity contribution >= 4 is 28.9 Å². The highest BCUT2D eigenvalue weighted by molar-refractivity contribution is 6.32. The first-order valence-electron chi connectivity index (χ1n) is 5.49. The summed E-state index contributed by atoms with van der Waals surface area (Å²) < 4.78 is 0. The van der Waals surface area contributed by atoms with Crippen LogP contribution < -0.4 is 10.9 Å². The molecule has 20 heavy (non-hydrogen) atoms. The van der Waals surface area contributed by atoms with E-state index in [1.807, 2.05) is 0 Å². The van der Waals surface area contributed by atoms with E-state index in [2.05, 4.69) is 15.8 Å². The molecular weight excluding hydrogens is 284 g/mol. The minimum atomic E-state index is -0.502. The lowest BCUT2D eigenvalue weighted by atomic mass is 10.3. The van der Waals surface area contributed by atoms with Crippen molar-refractivity contribution in [3.63, 3.8) is 0 Å². The first-order valence-corrected chi connectivity index (χ1v) is 5.87. The Kier molecular flexibility index (Phi) is 4.11. The van der Waals surface area contributed by atoms with Gasteiger partial charge in [-0.1, -0.05) is 11.6 Å². The lowest BCUT2D eigenvalue weighted by Crippen LogP contribution is -2.29. The fraction of sp³-hybridized carbons (Fsp3) is 0. The van der Waals surface area contributed by atoms with Crippen LogP contribution in [0.25, 0.3) is 0 Å². The molecule has 0 fully saturated rings. The van der Waals surface area contributed by atoms with Gasteiger partial charge >= 0.3 is 0 Å². The molecule has 1 aromatic carbocycles. The summed E-state index contributed by atoms with van der Waals surface area (Å²) in [6, 6.07) is 8.72. The number of hydrogen-bond donors (Lipinski definition) is 2. The van der Waals surface area contributed by atoms with Gasteiger partial charge in [-0.2, -0.15) is 0 Å². The molecule has 0 saturated heterocycles. The minimum absolute atomic E-state index is 0.0304. The van der Waals surface area contributed by atoms with Crippen molar-refractivity contribution in [2.45, 2.75) is 0 Å². The van der Waals surface area contributed by atoms with Crippen LogP contribution in [0, 0.1) is 10.1 Å². The number of halogens is 1. The molecule has 0 radical (unpaired) electrons. The van der Waals surface area contributed by atoms with Gasteiger partial charge in [-0.25, -0.2) is 4.98 Å². The number of anilines is 1. The fourth-order valence-electron chi connectivity index (χ4n) is 1.42. The van der Waals surface area contributed by atoms with E-state index in [9.17, 15) is 14.9 Å². The number of hydrazine groups is 1. The second-order valence-corrected chi connectivity index (χ2v) is 4.08.